The largest absolute Gasteiger partial charge is 0.368 e. The summed E-state index contributed by atoms with van der Waals surface area (Å²) in [6, 6.07) is 11.0. The van der Waals surface area contributed by atoms with E-state index in [2.05, 4.69) is 47.8 Å². The number of halogens is 5. The highest BCUT2D eigenvalue weighted by molar-refractivity contribution is 9.11. The number of benzene rings is 2. The average molecular weight is 546 g/mol. The Bertz CT molecular complexity index is 718. The third kappa shape index (κ3) is 5.83. The van der Waals surface area contributed by atoms with E-state index in [0.29, 0.717) is 22.0 Å². The Hall–Kier alpha value is 0.0900. The molecule has 1 saturated heterocycles. The number of Topliss-reactive ketones (excluding diaryl/α,β-unsaturated/α-hetero) is 1. The van der Waals surface area contributed by atoms with Gasteiger partial charge in [-0.15, -0.1) is 0 Å². The summed E-state index contributed by atoms with van der Waals surface area (Å²) in [5.41, 5.74) is 1.79. The molecule has 1 aliphatic heterocycles. The Morgan fingerprint density at radius 3 is 2.13 bits per heavy atom. The molecular weight excluding hydrogens is 535 g/mol. The van der Waals surface area contributed by atoms with Gasteiger partial charge in [0.05, 0.1) is 22.0 Å². The zero-order chi connectivity index (χ0) is 17.0. The summed E-state index contributed by atoms with van der Waals surface area (Å²) >= 11 is 21.3. The maximum Gasteiger partial charge on any atom is 0.173 e. The van der Waals surface area contributed by atoms with Crippen LogP contribution in [0, 0.1) is 0 Å². The van der Waals surface area contributed by atoms with Crippen LogP contribution in [0.2, 0.25) is 10.0 Å². The first-order chi connectivity index (χ1) is 10.9. The molecule has 1 aliphatic rings. The molecule has 2 aromatic carbocycles. The molecule has 0 aliphatic carbocycles. The Balaban J connectivity index is 0.000000167. The molecule has 0 bridgehead atoms. The molecule has 122 valence electrons. The molecular formula is C16H11Br3Cl2O2. The molecule has 1 atom stereocenters. The van der Waals surface area contributed by atoms with Gasteiger partial charge in [-0.1, -0.05) is 51.3 Å². The van der Waals surface area contributed by atoms with Crippen molar-refractivity contribution in [1.29, 1.82) is 0 Å². The molecule has 2 nitrogen and oxygen atoms in total. The third-order valence-electron chi connectivity index (χ3n) is 3.01. The van der Waals surface area contributed by atoms with Crippen LogP contribution in [0.3, 0.4) is 0 Å². The maximum absolute atomic E-state index is 11.2. The molecule has 0 amide bonds. The summed E-state index contributed by atoms with van der Waals surface area (Å²) in [7, 11) is 0. The van der Waals surface area contributed by atoms with Crippen molar-refractivity contribution in [3.63, 3.8) is 0 Å². The van der Waals surface area contributed by atoms with Crippen molar-refractivity contribution in [2.45, 2.75) is 6.10 Å². The highest BCUT2D eigenvalue weighted by Crippen LogP contribution is 2.33. The van der Waals surface area contributed by atoms with Crippen molar-refractivity contribution in [3.05, 3.63) is 66.5 Å². The molecule has 0 spiro atoms. The van der Waals surface area contributed by atoms with Crippen LogP contribution in [0.1, 0.15) is 22.0 Å². The van der Waals surface area contributed by atoms with E-state index in [1.165, 1.54) is 5.56 Å². The summed E-state index contributed by atoms with van der Waals surface area (Å²) in [4.78, 5) is 11.2. The van der Waals surface area contributed by atoms with E-state index in [0.717, 1.165) is 20.6 Å². The molecule has 23 heavy (non-hydrogen) atoms. The first-order valence-electron chi connectivity index (χ1n) is 6.53. The number of carbonyl (C=O) groups is 1. The SMILES string of the molecule is Clc1cc(C2CO2)ccc1Br.O=C(CBr)c1ccc(Br)c(Cl)c1. The number of carbonyl (C=O) groups excluding carboxylic acids is 1. The average Bonchev–Trinajstić information content (AvgIpc) is 3.37. The summed E-state index contributed by atoms with van der Waals surface area (Å²) in [6.45, 7) is 0.831. The van der Waals surface area contributed by atoms with Gasteiger partial charge in [-0.3, -0.25) is 4.79 Å². The van der Waals surface area contributed by atoms with Crippen molar-refractivity contribution < 1.29 is 9.53 Å². The third-order valence-corrected chi connectivity index (χ3v) is 5.99. The lowest BCUT2D eigenvalue weighted by Gasteiger charge is -1.99. The minimum absolute atomic E-state index is 0.0319. The van der Waals surface area contributed by atoms with E-state index in [9.17, 15) is 4.79 Å². The number of hydrogen-bond acceptors (Lipinski definition) is 2. The summed E-state index contributed by atoms with van der Waals surface area (Å²) in [5.74, 6) is 0.0319. The van der Waals surface area contributed by atoms with Crippen molar-refractivity contribution in [2.75, 3.05) is 11.9 Å². The molecule has 1 heterocycles. The topological polar surface area (TPSA) is 29.6 Å². The quantitative estimate of drug-likeness (QED) is 0.240. The predicted octanol–water partition coefficient (Wildman–Crippen LogP) is 6.85. The fourth-order valence-corrected chi connectivity index (χ4v) is 2.89. The number of alkyl halides is 1. The zero-order valence-corrected chi connectivity index (χ0v) is 17.9. The number of ketones is 1. The van der Waals surface area contributed by atoms with Gasteiger partial charge in [0.25, 0.3) is 0 Å². The van der Waals surface area contributed by atoms with Crippen LogP contribution in [0.15, 0.2) is 45.3 Å². The van der Waals surface area contributed by atoms with Crippen molar-refractivity contribution in [2.24, 2.45) is 0 Å². The second-order valence-electron chi connectivity index (χ2n) is 4.68. The normalized spacial score (nSPS) is 15.6. The standard InChI is InChI=1S/C8H5Br2ClO.C8H6BrClO/c9-4-8(12)5-1-2-6(10)7(11)3-5;9-6-2-1-5(3-7(6)10)8-4-11-8/h1-3H,4H2;1-3,8H,4H2. The Morgan fingerprint density at radius 1 is 1.09 bits per heavy atom. The number of epoxide rings is 1. The molecule has 3 rings (SSSR count). The second-order valence-corrected chi connectivity index (χ2v) is 7.77. The monoisotopic (exact) mass is 542 g/mol. The van der Waals surface area contributed by atoms with Crippen LogP contribution < -0.4 is 0 Å². The fraction of sp³-hybridized carbons (Fsp3) is 0.188. The Labute approximate surface area is 169 Å². The van der Waals surface area contributed by atoms with Gasteiger partial charge in [0.2, 0.25) is 0 Å². The van der Waals surface area contributed by atoms with E-state index >= 15 is 0 Å². The van der Waals surface area contributed by atoms with Gasteiger partial charge >= 0.3 is 0 Å². The van der Waals surface area contributed by atoms with Crippen molar-refractivity contribution >= 4 is 76.8 Å². The summed E-state index contributed by atoms with van der Waals surface area (Å²) in [6.07, 6.45) is 0.292. The summed E-state index contributed by atoms with van der Waals surface area (Å²) < 4.78 is 6.85. The molecule has 2 aromatic rings. The van der Waals surface area contributed by atoms with Gasteiger partial charge < -0.3 is 4.74 Å². The minimum Gasteiger partial charge on any atom is -0.368 e. The van der Waals surface area contributed by atoms with Crippen LogP contribution >= 0.6 is 71.0 Å². The van der Waals surface area contributed by atoms with Crippen LogP contribution in [-0.4, -0.2) is 17.7 Å². The Kier molecular flexibility index (Phi) is 7.57. The number of hydrogen-bond donors (Lipinski definition) is 0. The predicted molar refractivity (Wildman–Crippen MR) is 105 cm³/mol. The highest BCUT2D eigenvalue weighted by Gasteiger charge is 2.24. The summed E-state index contributed by atoms with van der Waals surface area (Å²) in [5, 5.41) is 1.63. The van der Waals surface area contributed by atoms with E-state index in [-0.39, 0.29) is 5.78 Å². The van der Waals surface area contributed by atoms with Crippen LogP contribution in [-0.2, 0) is 4.74 Å². The van der Waals surface area contributed by atoms with E-state index in [4.69, 9.17) is 27.9 Å². The lowest BCUT2D eigenvalue weighted by atomic mass is 10.2. The van der Waals surface area contributed by atoms with Crippen LogP contribution in [0.4, 0.5) is 0 Å². The number of rotatable bonds is 3. The molecule has 1 fully saturated rings. The van der Waals surface area contributed by atoms with Crippen LogP contribution in [0.25, 0.3) is 0 Å². The zero-order valence-electron chi connectivity index (χ0n) is 11.7. The first kappa shape index (κ1) is 19.4. The van der Waals surface area contributed by atoms with E-state index < -0.39 is 0 Å². The minimum atomic E-state index is 0.0319. The van der Waals surface area contributed by atoms with E-state index in [1.807, 2.05) is 18.2 Å². The van der Waals surface area contributed by atoms with Gasteiger partial charge in [-0.05, 0) is 61.7 Å². The first-order valence-corrected chi connectivity index (χ1v) is 9.99. The molecule has 7 heteroatoms. The number of ether oxygens (including phenoxy) is 1. The lowest BCUT2D eigenvalue weighted by molar-refractivity contribution is 0.102. The van der Waals surface area contributed by atoms with Gasteiger partial charge in [0.15, 0.2) is 5.78 Å². The van der Waals surface area contributed by atoms with Crippen LogP contribution in [0.5, 0.6) is 0 Å². The second kappa shape index (κ2) is 8.97. The lowest BCUT2D eigenvalue weighted by Crippen LogP contribution is -1.99. The van der Waals surface area contributed by atoms with E-state index in [1.54, 1.807) is 18.2 Å². The molecule has 0 radical (unpaired) electrons. The van der Waals surface area contributed by atoms with Gasteiger partial charge in [0, 0.05) is 14.5 Å². The highest BCUT2D eigenvalue weighted by atomic mass is 79.9. The maximum atomic E-state index is 11.2. The van der Waals surface area contributed by atoms with Gasteiger partial charge in [0.1, 0.15) is 6.10 Å². The van der Waals surface area contributed by atoms with Crippen molar-refractivity contribution in [1.82, 2.24) is 0 Å². The van der Waals surface area contributed by atoms with Gasteiger partial charge in [-0.2, -0.15) is 0 Å². The molecule has 0 N–H and O–H groups in total. The molecule has 0 saturated carbocycles. The smallest absolute Gasteiger partial charge is 0.173 e. The fourth-order valence-electron chi connectivity index (χ4n) is 1.70. The molecule has 1 unspecified atom stereocenters. The molecule has 0 aromatic heterocycles. The van der Waals surface area contributed by atoms with Gasteiger partial charge in [-0.25, -0.2) is 0 Å². The Morgan fingerprint density at radius 2 is 1.65 bits per heavy atom. The van der Waals surface area contributed by atoms with Crippen molar-refractivity contribution in [3.8, 4) is 0 Å².